The number of anilines is 1. The topological polar surface area (TPSA) is 12.0 Å². The first-order valence-corrected chi connectivity index (χ1v) is 11.2. The Hall–Kier alpha value is -3.32. The summed E-state index contributed by atoms with van der Waals surface area (Å²) in [7, 11) is 0. The fourth-order valence-electron chi connectivity index (χ4n) is 3.93. The van der Waals surface area contributed by atoms with E-state index in [1.54, 1.807) is 0 Å². The maximum atomic E-state index is 3.63. The normalized spacial score (nSPS) is 16.2. The molecule has 1 heteroatoms. The average Bonchev–Trinajstić information content (AvgIpc) is 2.81. The maximum absolute atomic E-state index is 3.63. The number of hydrogen-bond acceptors (Lipinski definition) is 1. The summed E-state index contributed by atoms with van der Waals surface area (Å²) >= 11 is 0. The average molecular weight is 406 g/mol. The van der Waals surface area contributed by atoms with E-state index in [2.05, 4.69) is 123 Å². The molecule has 1 nitrogen and oxygen atoms in total. The molecule has 0 bridgehead atoms. The van der Waals surface area contributed by atoms with Crippen molar-refractivity contribution in [1.29, 1.82) is 0 Å². The van der Waals surface area contributed by atoms with Crippen molar-refractivity contribution in [3.63, 3.8) is 0 Å². The van der Waals surface area contributed by atoms with Crippen LogP contribution in [0.4, 0.5) is 5.69 Å². The largest absolute Gasteiger partial charge is 0.379 e. The number of aryl methyl sites for hydroxylation is 3. The number of rotatable bonds is 6. The number of allylic oxidation sites excluding steroid dienone is 3. The molecule has 3 aromatic rings. The van der Waals surface area contributed by atoms with E-state index in [0.29, 0.717) is 6.04 Å². The molecule has 1 N–H and O–H groups in total. The van der Waals surface area contributed by atoms with Crippen molar-refractivity contribution in [3.8, 4) is 0 Å². The quantitative estimate of drug-likeness (QED) is 0.444. The van der Waals surface area contributed by atoms with Crippen LogP contribution >= 0.6 is 0 Å². The molecule has 0 saturated heterocycles. The van der Waals surface area contributed by atoms with Gasteiger partial charge in [-0.1, -0.05) is 85.8 Å². The first-order valence-electron chi connectivity index (χ1n) is 11.2. The van der Waals surface area contributed by atoms with Crippen LogP contribution in [0.1, 0.15) is 41.2 Å². The summed E-state index contributed by atoms with van der Waals surface area (Å²) in [6.07, 6.45) is 11.2. The lowest BCUT2D eigenvalue weighted by atomic mass is 9.92. The van der Waals surface area contributed by atoms with Gasteiger partial charge in [-0.05, 0) is 83.9 Å². The monoisotopic (exact) mass is 405 g/mol. The summed E-state index contributed by atoms with van der Waals surface area (Å²) in [6, 6.07) is 26.5. The summed E-state index contributed by atoms with van der Waals surface area (Å²) in [5.74, 6) is 0. The fraction of sp³-hybridized carbons (Fsp3) is 0.200. The van der Waals surface area contributed by atoms with Crippen molar-refractivity contribution in [3.05, 3.63) is 130 Å². The first-order chi connectivity index (χ1) is 15.1. The zero-order valence-electron chi connectivity index (χ0n) is 18.7. The van der Waals surface area contributed by atoms with Gasteiger partial charge in [-0.2, -0.15) is 0 Å². The van der Waals surface area contributed by atoms with Crippen molar-refractivity contribution in [2.45, 2.75) is 39.7 Å². The van der Waals surface area contributed by atoms with Gasteiger partial charge in [0.2, 0.25) is 0 Å². The summed E-state index contributed by atoms with van der Waals surface area (Å²) in [4.78, 5) is 0. The van der Waals surface area contributed by atoms with Crippen LogP contribution in [0.3, 0.4) is 0 Å². The third-order valence-electron chi connectivity index (χ3n) is 6.06. The van der Waals surface area contributed by atoms with Gasteiger partial charge in [0.15, 0.2) is 0 Å². The maximum Gasteiger partial charge on any atom is 0.0482 e. The van der Waals surface area contributed by atoms with Crippen molar-refractivity contribution in [2.24, 2.45) is 0 Å². The molecule has 0 amide bonds. The Bertz CT molecular complexity index is 1110. The molecule has 1 unspecified atom stereocenters. The lowest BCUT2D eigenvalue weighted by Gasteiger charge is -2.19. The predicted molar refractivity (Wildman–Crippen MR) is 135 cm³/mol. The molecule has 31 heavy (non-hydrogen) atoms. The Morgan fingerprint density at radius 2 is 1.68 bits per heavy atom. The van der Waals surface area contributed by atoms with E-state index >= 15 is 0 Å². The van der Waals surface area contributed by atoms with Crippen molar-refractivity contribution in [1.82, 2.24) is 0 Å². The zero-order valence-corrected chi connectivity index (χ0v) is 18.7. The molecular weight excluding hydrogens is 374 g/mol. The van der Waals surface area contributed by atoms with E-state index in [-0.39, 0.29) is 0 Å². The highest BCUT2D eigenvalue weighted by Gasteiger charge is 2.11. The second kappa shape index (κ2) is 9.66. The van der Waals surface area contributed by atoms with Gasteiger partial charge in [0, 0.05) is 11.7 Å². The molecule has 0 aliphatic heterocycles. The molecule has 0 aromatic heterocycles. The number of nitrogens with one attached hydrogen (secondary N) is 1. The molecule has 1 aliphatic rings. The van der Waals surface area contributed by atoms with Gasteiger partial charge >= 0.3 is 0 Å². The first kappa shape index (κ1) is 20.9. The van der Waals surface area contributed by atoms with Crippen molar-refractivity contribution in [2.75, 3.05) is 5.32 Å². The van der Waals surface area contributed by atoms with Crippen LogP contribution in [0.5, 0.6) is 0 Å². The molecule has 0 radical (unpaired) electrons. The van der Waals surface area contributed by atoms with E-state index in [4.69, 9.17) is 0 Å². The minimum Gasteiger partial charge on any atom is -0.379 e. The van der Waals surface area contributed by atoms with Gasteiger partial charge in [0.05, 0.1) is 0 Å². The van der Waals surface area contributed by atoms with Crippen LogP contribution in [0.25, 0.3) is 5.57 Å². The summed E-state index contributed by atoms with van der Waals surface area (Å²) in [6.45, 7) is 6.54. The van der Waals surface area contributed by atoms with E-state index < -0.39 is 0 Å². The van der Waals surface area contributed by atoms with E-state index in [0.717, 1.165) is 12.8 Å². The Labute approximate surface area is 186 Å². The van der Waals surface area contributed by atoms with Crippen LogP contribution in [-0.2, 0) is 6.42 Å². The van der Waals surface area contributed by atoms with E-state index in [9.17, 15) is 0 Å². The highest BCUT2D eigenvalue weighted by molar-refractivity contribution is 5.82. The second-order valence-electron chi connectivity index (χ2n) is 8.32. The third-order valence-corrected chi connectivity index (χ3v) is 6.06. The lowest BCUT2D eigenvalue weighted by Crippen LogP contribution is -2.17. The Morgan fingerprint density at radius 3 is 2.32 bits per heavy atom. The van der Waals surface area contributed by atoms with Gasteiger partial charge in [-0.15, -0.1) is 0 Å². The van der Waals surface area contributed by atoms with Gasteiger partial charge in [0.1, 0.15) is 0 Å². The van der Waals surface area contributed by atoms with Gasteiger partial charge < -0.3 is 5.32 Å². The molecule has 156 valence electrons. The molecule has 3 aromatic carbocycles. The molecule has 0 fully saturated rings. The van der Waals surface area contributed by atoms with Gasteiger partial charge in [-0.25, -0.2) is 0 Å². The highest BCUT2D eigenvalue weighted by atomic mass is 14.9. The van der Waals surface area contributed by atoms with Crippen LogP contribution in [0, 0.1) is 13.8 Å². The molecule has 0 heterocycles. The Kier molecular flexibility index (Phi) is 6.52. The SMILES string of the molecule is CCc1ccc(NC2C=CC(C=C(c3ccccc3)c3ccc(C)c(C)c3)=CC2)cc1. The minimum absolute atomic E-state index is 0.325. The van der Waals surface area contributed by atoms with Gasteiger partial charge in [0.25, 0.3) is 0 Å². The molecule has 1 atom stereocenters. The summed E-state index contributed by atoms with van der Waals surface area (Å²) < 4.78 is 0. The van der Waals surface area contributed by atoms with E-state index in [1.165, 1.54) is 44.7 Å². The lowest BCUT2D eigenvalue weighted by molar-refractivity contribution is 0.877. The summed E-state index contributed by atoms with van der Waals surface area (Å²) in [5, 5.41) is 3.63. The third kappa shape index (κ3) is 5.24. The Morgan fingerprint density at radius 1 is 0.903 bits per heavy atom. The predicted octanol–water partition coefficient (Wildman–Crippen LogP) is 7.66. The smallest absolute Gasteiger partial charge is 0.0482 e. The van der Waals surface area contributed by atoms with Crippen molar-refractivity contribution >= 4 is 11.3 Å². The number of benzene rings is 3. The van der Waals surface area contributed by atoms with Crippen molar-refractivity contribution < 1.29 is 0 Å². The van der Waals surface area contributed by atoms with Crippen LogP contribution in [-0.4, -0.2) is 6.04 Å². The van der Waals surface area contributed by atoms with Gasteiger partial charge in [-0.3, -0.25) is 0 Å². The molecular formula is C30H31N. The molecule has 4 rings (SSSR count). The van der Waals surface area contributed by atoms with Crippen LogP contribution < -0.4 is 5.32 Å². The Balaban J connectivity index is 1.55. The van der Waals surface area contributed by atoms with E-state index in [1.807, 2.05) is 0 Å². The molecule has 0 spiro atoms. The number of hydrogen-bond donors (Lipinski definition) is 1. The zero-order chi connectivity index (χ0) is 21.6. The highest BCUT2D eigenvalue weighted by Crippen LogP contribution is 2.28. The molecule has 1 aliphatic carbocycles. The second-order valence-corrected chi connectivity index (χ2v) is 8.32. The fourth-order valence-corrected chi connectivity index (χ4v) is 3.93. The van der Waals surface area contributed by atoms with Crippen LogP contribution in [0.15, 0.2) is 103 Å². The minimum atomic E-state index is 0.325. The summed E-state index contributed by atoms with van der Waals surface area (Å²) in [5.41, 5.74) is 10.2. The van der Waals surface area contributed by atoms with Crippen LogP contribution in [0.2, 0.25) is 0 Å². The molecule has 0 saturated carbocycles. The standard InChI is InChI=1S/C30H31N/c1-4-24-11-16-28(17-12-24)31-29-18-13-25(14-19-29)21-30(26-8-6-5-7-9-26)27-15-10-22(2)23(3)20-27/h5-18,20-21,29,31H,4,19H2,1-3H3.